The molecule has 0 unspecified atom stereocenters. The monoisotopic (exact) mass is 379 g/mol. The second kappa shape index (κ2) is 8.10. The molecule has 1 saturated carbocycles. The predicted octanol–water partition coefficient (Wildman–Crippen LogP) is -4.54. The Kier molecular flexibility index (Phi) is 6.52. The smallest absolute Gasteiger partial charge is 0.370 e. The van der Waals surface area contributed by atoms with Crippen LogP contribution in [0.5, 0.6) is 0 Å². The van der Waals surface area contributed by atoms with Crippen LogP contribution in [-0.2, 0) is 14.3 Å². The van der Waals surface area contributed by atoms with Crippen molar-refractivity contribution in [1.29, 1.82) is 0 Å². The minimum absolute atomic E-state index is 0.145. The minimum atomic E-state index is -1.74. The van der Waals surface area contributed by atoms with E-state index in [1.54, 1.807) is 6.92 Å². The summed E-state index contributed by atoms with van der Waals surface area (Å²) in [6.07, 6.45) is -11.7. The van der Waals surface area contributed by atoms with Gasteiger partial charge in [-0.1, -0.05) is 0 Å². The van der Waals surface area contributed by atoms with Crippen molar-refractivity contribution < 1.29 is 44.9 Å². The molecule has 150 valence electrons. The molecular weight excluding hydrogens is 354 g/mol. The maximum Gasteiger partial charge on any atom is 0.370 e. The van der Waals surface area contributed by atoms with Gasteiger partial charge in [-0.05, 0) is 13.3 Å². The van der Waals surface area contributed by atoms with E-state index in [9.17, 15) is 30.3 Å². The zero-order valence-electron chi connectivity index (χ0n) is 14.0. The number of hydrogen-bond acceptors (Lipinski definition) is 10. The van der Waals surface area contributed by atoms with Crippen molar-refractivity contribution in [2.45, 2.75) is 74.4 Å². The highest BCUT2D eigenvalue weighted by Crippen LogP contribution is 2.29. The number of nitrogens with zero attached hydrogens (tertiary/aromatic N) is 1. The molecule has 0 aromatic heterocycles. The fraction of sp³-hybridized carbons (Fsp3) is 0.857. The van der Waals surface area contributed by atoms with Crippen LogP contribution in [0.25, 0.3) is 0 Å². The Hall–Kier alpha value is -1.38. The Labute approximate surface area is 148 Å². The van der Waals surface area contributed by atoms with Gasteiger partial charge in [0.1, 0.15) is 36.6 Å². The van der Waals surface area contributed by atoms with E-state index in [2.05, 4.69) is 4.99 Å². The predicted molar refractivity (Wildman–Crippen MR) is 84.9 cm³/mol. The number of aliphatic hydroxyl groups excluding tert-OH is 5. The van der Waals surface area contributed by atoms with E-state index in [-0.39, 0.29) is 6.42 Å². The zero-order chi connectivity index (χ0) is 19.8. The summed E-state index contributed by atoms with van der Waals surface area (Å²) in [5.41, 5.74) is 11.2. The van der Waals surface area contributed by atoms with Gasteiger partial charge in [0.2, 0.25) is 5.84 Å². The summed E-state index contributed by atoms with van der Waals surface area (Å²) in [5, 5.41) is 57.8. The quantitative estimate of drug-likeness (QED) is 0.172. The van der Waals surface area contributed by atoms with Crippen LogP contribution in [0.3, 0.4) is 0 Å². The van der Waals surface area contributed by atoms with Crippen LogP contribution >= 0.6 is 0 Å². The van der Waals surface area contributed by atoms with E-state index in [0.29, 0.717) is 0 Å². The number of aliphatic imine (C=N–C) groups is 1. The van der Waals surface area contributed by atoms with Crippen molar-refractivity contribution >= 4 is 11.8 Å². The SMILES string of the molecule is C[C@@H]1O[C@@H](OC2[C@H](O)[C@H](O)C(O)[C@@H](O)[C@H]2O)[C@@H](N)C[C@@H]1N=C(N)C(=O)O. The molecule has 12 nitrogen and oxygen atoms in total. The maximum atomic E-state index is 10.8. The number of amidine groups is 1. The summed E-state index contributed by atoms with van der Waals surface area (Å²) in [4.78, 5) is 14.6. The van der Waals surface area contributed by atoms with Gasteiger partial charge < -0.3 is 51.6 Å². The maximum absolute atomic E-state index is 10.8. The van der Waals surface area contributed by atoms with Crippen LogP contribution in [0.2, 0.25) is 0 Å². The Morgan fingerprint density at radius 1 is 1.08 bits per heavy atom. The number of hydrogen-bond donors (Lipinski definition) is 8. The molecule has 1 saturated heterocycles. The summed E-state index contributed by atoms with van der Waals surface area (Å²) in [7, 11) is 0. The lowest BCUT2D eigenvalue weighted by atomic mass is 9.84. The largest absolute Gasteiger partial charge is 0.475 e. The van der Waals surface area contributed by atoms with Crippen LogP contribution < -0.4 is 11.5 Å². The van der Waals surface area contributed by atoms with Crippen LogP contribution in [0.1, 0.15) is 13.3 Å². The molecule has 12 heteroatoms. The Balaban J connectivity index is 2.07. The number of aliphatic carboxylic acids is 1. The average Bonchev–Trinajstić information content (AvgIpc) is 2.58. The summed E-state index contributed by atoms with van der Waals surface area (Å²) >= 11 is 0. The Morgan fingerprint density at radius 2 is 1.58 bits per heavy atom. The second-order valence-corrected chi connectivity index (χ2v) is 6.55. The van der Waals surface area contributed by atoms with E-state index in [4.69, 9.17) is 26.0 Å². The number of carboxylic acids is 1. The highest BCUT2D eigenvalue weighted by Gasteiger charge is 2.50. The molecule has 1 aliphatic heterocycles. The third-order valence-electron chi connectivity index (χ3n) is 4.64. The molecule has 1 heterocycles. The number of rotatable bonds is 3. The molecule has 0 aromatic carbocycles. The van der Waals surface area contributed by atoms with Gasteiger partial charge in [-0.15, -0.1) is 0 Å². The summed E-state index contributed by atoms with van der Waals surface area (Å²) in [5.74, 6) is -1.96. The first-order valence-electron chi connectivity index (χ1n) is 8.08. The summed E-state index contributed by atoms with van der Waals surface area (Å²) in [6, 6.07) is -1.46. The number of nitrogens with two attached hydrogens (primary N) is 2. The van der Waals surface area contributed by atoms with Crippen molar-refractivity contribution in [3.8, 4) is 0 Å². The van der Waals surface area contributed by atoms with Gasteiger partial charge in [-0.3, -0.25) is 4.99 Å². The number of carbonyl (C=O) groups is 1. The lowest BCUT2D eigenvalue weighted by Gasteiger charge is -2.45. The molecular formula is C14H25N3O9. The molecule has 0 aromatic rings. The third-order valence-corrected chi connectivity index (χ3v) is 4.64. The van der Waals surface area contributed by atoms with Crippen LogP contribution in [0.15, 0.2) is 4.99 Å². The van der Waals surface area contributed by atoms with Crippen LogP contribution in [0, 0.1) is 0 Å². The fourth-order valence-corrected chi connectivity index (χ4v) is 3.02. The topological polar surface area (TPSA) is 221 Å². The molecule has 10 N–H and O–H groups in total. The highest BCUT2D eigenvalue weighted by atomic mass is 16.7. The van der Waals surface area contributed by atoms with Gasteiger partial charge in [0.25, 0.3) is 0 Å². The van der Waals surface area contributed by atoms with Gasteiger partial charge >= 0.3 is 5.97 Å². The first kappa shape index (κ1) is 20.9. The summed E-state index contributed by atoms with van der Waals surface area (Å²) in [6.45, 7) is 1.59. The lowest BCUT2D eigenvalue weighted by Crippen LogP contribution is -2.66. The highest BCUT2D eigenvalue weighted by molar-refractivity contribution is 6.33. The molecule has 26 heavy (non-hydrogen) atoms. The van der Waals surface area contributed by atoms with Gasteiger partial charge in [0.15, 0.2) is 6.29 Å². The molecule has 0 amide bonds. The first-order valence-corrected chi connectivity index (χ1v) is 8.08. The Bertz CT molecular complexity index is 532. The molecule has 2 fully saturated rings. The van der Waals surface area contributed by atoms with Crippen molar-refractivity contribution in [3.63, 3.8) is 0 Å². The van der Waals surface area contributed by atoms with Gasteiger partial charge in [0.05, 0.1) is 18.2 Å². The molecule has 0 radical (unpaired) electrons. The fourth-order valence-electron chi connectivity index (χ4n) is 3.02. The van der Waals surface area contributed by atoms with E-state index < -0.39 is 72.9 Å². The standard InChI is InChI=1S/C14H25N3O9/c1-3-5(17-12(16)13(23)24)2-4(15)14(25-3)26-11-9(21)7(19)6(18)8(20)10(11)22/h3-11,14,18-22H,2,15H2,1H3,(H2,16,17)(H,23,24)/t3-,4-,5-,6?,7+,8+,9+,10+,11?,14-/m0/s1. The van der Waals surface area contributed by atoms with Gasteiger partial charge in [0, 0.05) is 0 Å². The molecule has 2 aliphatic rings. The minimum Gasteiger partial charge on any atom is -0.475 e. The second-order valence-electron chi connectivity index (χ2n) is 6.55. The number of carboxylic acid groups (broad SMARTS) is 1. The number of ether oxygens (including phenoxy) is 2. The molecule has 0 bridgehead atoms. The molecule has 2 rings (SSSR count). The van der Waals surface area contributed by atoms with E-state index in [1.807, 2.05) is 0 Å². The molecule has 8 atom stereocenters. The lowest BCUT2D eigenvalue weighted by molar-refractivity contribution is -0.293. The van der Waals surface area contributed by atoms with E-state index in [0.717, 1.165) is 0 Å². The van der Waals surface area contributed by atoms with Crippen molar-refractivity contribution in [1.82, 2.24) is 0 Å². The Morgan fingerprint density at radius 3 is 2.08 bits per heavy atom. The molecule has 1 aliphatic carbocycles. The van der Waals surface area contributed by atoms with Crippen molar-refractivity contribution in [3.05, 3.63) is 0 Å². The van der Waals surface area contributed by atoms with E-state index >= 15 is 0 Å². The normalized spacial score (nSPS) is 47.6. The van der Waals surface area contributed by atoms with Gasteiger partial charge in [-0.25, -0.2) is 4.79 Å². The third kappa shape index (κ3) is 4.13. The first-order chi connectivity index (χ1) is 12.0. The van der Waals surface area contributed by atoms with Crippen LogP contribution in [-0.4, -0.2) is 104 Å². The summed E-state index contributed by atoms with van der Waals surface area (Å²) < 4.78 is 11.0. The average molecular weight is 379 g/mol. The van der Waals surface area contributed by atoms with E-state index in [1.165, 1.54) is 0 Å². The number of aliphatic hydroxyl groups is 5. The molecule has 0 spiro atoms. The van der Waals surface area contributed by atoms with Crippen molar-refractivity contribution in [2.24, 2.45) is 16.5 Å². The van der Waals surface area contributed by atoms with Gasteiger partial charge in [-0.2, -0.15) is 0 Å². The van der Waals surface area contributed by atoms with Crippen LogP contribution in [0.4, 0.5) is 0 Å². The van der Waals surface area contributed by atoms with Crippen molar-refractivity contribution in [2.75, 3.05) is 0 Å². The zero-order valence-corrected chi connectivity index (χ0v) is 14.0.